The molecule has 10 heavy (non-hydrogen) atoms. The van der Waals surface area contributed by atoms with Gasteiger partial charge in [0.05, 0.1) is 6.61 Å². The van der Waals surface area contributed by atoms with Crippen molar-refractivity contribution in [2.75, 3.05) is 6.61 Å². The molecular weight excluding hydrogens is 134 g/mol. The van der Waals surface area contributed by atoms with Gasteiger partial charge in [-0.3, -0.25) is 9.59 Å². The number of rotatable bonds is 3. The van der Waals surface area contributed by atoms with Gasteiger partial charge in [0, 0.05) is 7.05 Å². The lowest BCUT2D eigenvalue weighted by Gasteiger charge is -1.98. The van der Waals surface area contributed by atoms with Crippen molar-refractivity contribution < 1.29 is 14.3 Å². The molecule has 57 valence electrons. The monoisotopic (exact) mass is 144 g/mol. The van der Waals surface area contributed by atoms with Crippen LogP contribution < -0.4 is 5.32 Å². The molecule has 0 spiro atoms. The van der Waals surface area contributed by atoms with Gasteiger partial charge in [0.1, 0.15) is 6.42 Å². The number of nitrogens with one attached hydrogen (secondary N) is 1. The highest BCUT2D eigenvalue weighted by atomic mass is 16.5. The molecule has 1 radical (unpaired) electrons. The van der Waals surface area contributed by atoms with E-state index in [1.807, 2.05) is 0 Å². The van der Waals surface area contributed by atoms with Crippen molar-refractivity contribution in [3.05, 3.63) is 7.05 Å². The Morgan fingerprint density at radius 2 is 2.20 bits per heavy atom. The molecule has 0 aliphatic carbocycles. The van der Waals surface area contributed by atoms with E-state index in [1.165, 1.54) is 0 Å². The average Bonchev–Trinajstić information content (AvgIpc) is 1.88. The maximum absolute atomic E-state index is 10.5. The van der Waals surface area contributed by atoms with Crippen molar-refractivity contribution in [2.24, 2.45) is 0 Å². The van der Waals surface area contributed by atoms with E-state index in [9.17, 15) is 9.59 Å². The quantitative estimate of drug-likeness (QED) is 0.442. The number of ether oxygens (including phenoxy) is 1. The number of esters is 1. The maximum Gasteiger partial charge on any atom is 0.315 e. The van der Waals surface area contributed by atoms with Gasteiger partial charge in [0.25, 0.3) is 0 Å². The summed E-state index contributed by atoms with van der Waals surface area (Å²) in [6.45, 7) is 1.98. The van der Waals surface area contributed by atoms with E-state index < -0.39 is 11.9 Å². The zero-order valence-electron chi connectivity index (χ0n) is 5.85. The van der Waals surface area contributed by atoms with Crippen molar-refractivity contribution in [1.29, 1.82) is 0 Å². The molecule has 0 saturated heterocycles. The Hall–Kier alpha value is -1.06. The van der Waals surface area contributed by atoms with Gasteiger partial charge in [-0.25, -0.2) is 0 Å². The minimum atomic E-state index is -0.524. The number of carbonyl (C=O) groups excluding carboxylic acids is 2. The molecule has 0 saturated carbocycles. The zero-order valence-corrected chi connectivity index (χ0v) is 5.85. The fourth-order valence-electron chi connectivity index (χ4n) is 0.406. The number of hydrogen-bond donors (Lipinski definition) is 1. The Morgan fingerprint density at radius 3 is 2.60 bits per heavy atom. The second kappa shape index (κ2) is 4.78. The van der Waals surface area contributed by atoms with Gasteiger partial charge in [0.2, 0.25) is 5.91 Å². The van der Waals surface area contributed by atoms with Gasteiger partial charge < -0.3 is 10.1 Å². The minimum Gasteiger partial charge on any atom is -0.466 e. The van der Waals surface area contributed by atoms with Crippen LogP contribution in [0, 0.1) is 7.05 Å². The predicted molar refractivity (Wildman–Crippen MR) is 34.7 cm³/mol. The molecule has 0 aliphatic rings. The van der Waals surface area contributed by atoms with E-state index >= 15 is 0 Å². The van der Waals surface area contributed by atoms with Crippen molar-refractivity contribution in [3.63, 3.8) is 0 Å². The van der Waals surface area contributed by atoms with Crippen molar-refractivity contribution >= 4 is 11.9 Å². The molecule has 0 fully saturated rings. The summed E-state index contributed by atoms with van der Waals surface area (Å²) < 4.78 is 4.49. The van der Waals surface area contributed by atoms with Gasteiger partial charge in [-0.2, -0.15) is 0 Å². The highest BCUT2D eigenvalue weighted by Gasteiger charge is 2.06. The molecule has 0 heterocycles. The molecule has 1 amide bonds. The molecule has 0 unspecified atom stereocenters. The summed E-state index contributed by atoms with van der Waals surface area (Å²) in [5.41, 5.74) is 0. The molecular formula is C6H10NO3. The lowest BCUT2D eigenvalue weighted by molar-refractivity contribution is -0.145. The van der Waals surface area contributed by atoms with E-state index in [0.29, 0.717) is 6.61 Å². The van der Waals surface area contributed by atoms with Crippen LogP contribution in [-0.2, 0) is 14.3 Å². The van der Waals surface area contributed by atoms with Gasteiger partial charge in [-0.05, 0) is 6.92 Å². The van der Waals surface area contributed by atoms with Crippen LogP contribution in [0.4, 0.5) is 0 Å². The van der Waals surface area contributed by atoms with Gasteiger partial charge in [0.15, 0.2) is 0 Å². The third-order valence-corrected chi connectivity index (χ3v) is 0.807. The molecule has 0 aromatic heterocycles. The Kier molecular flexibility index (Phi) is 4.28. The van der Waals surface area contributed by atoms with Crippen LogP contribution in [0.2, 0.25) is 0 Å². The lowest BCUT2D eigenvalue weighted by atomic mass is 10.4. The maximum atomic E-state index is 10.5. The Balaban J connectivity index is 3.47. The van der Waals surface area contributed by atoms with Gasteiger partial charge in [-0.1, -0.05) is 0 Å². The number of amides is 1. The molecule has 0 rings (SSSR count). The summed E-state index contributed by atoms with van der Waals surface area (Å²) in [6, 6.07) is 0. The molecule has 0 atom stereocenters. The first-order valence-corrected chi connectivity index (χ1v) is 2.92. The third-order valence-electron chi connectivity index (χ3n) is 0.807. The topological polar surface area (TPSA) is 55.4 Å². The van der Waals surface area contributed by atoms with Crippen LogP contribution in [0.25, 0.3) is 0 Å². The molecule has 0 aromatic rings. The second-order valence-electron chi connectivity index (χ2n) is 1.58. The van der Waals surface area contributed by atoms with Crippen molar-refractivity contribution in [3.8, 4) is 0 Å². The standard InChI is InChI=1S/C6H10NO3/c1-3-10-6(9)4-5(8)7-2/h2-4H2,1H3,(H,7,8). The second-order valence-corrected chi connectivity index (χ2v) is 1.58. The van der Waals surface area contributed by atoms with Crippen LogP contribution >= 0.6 is 0 Å². The Morgan fingerprint density at radius 1 is 1.60 bits per heavy atom. The third kappa shape index (κ3) is 3.88. The molecule has 4 nitrogen and oxygen atoms in total. The first-order valence-electron chi connectivity index (χ1n) is 2.92. The van der Waals surface area contributed by atoms with Gasteiger partial charge >= 0.3 is 5.97 Å². The van der Waals surface area contributed by atoms with E-state index in [0.717, 1.165) is 0 Å². The molecule has 1 N–H and O–H groups in total. The van der Waals surface area contributed by atoms with E-state index in [1.54, 1.807) is 6.92 Å². The lowest BCUT2D eigenvalue weighted by Crippen LogP contribution is -2.20. The van der Waals surface area contributed by atoms with Crippen molar-refractivity contribution in [1.82, 2.24) is 5.32 Å². The highest BCUT2D eigenvalue weighted by Crippen LogP contribution is 1.84. The fraction of sp³-hybridized carbons (Fsp3) is 0.500. The van der Waals surface area contributed by atoms with Crippen molar-refractivity contribution in [2.45, 2.75) is 13.3 Å². The predicted octanol–water partition coefficient (Wildman–Crippen LogP) is -0.153. The normalized spacial score (nSPS) is 8.60. The van der Waals surface area contributed by atoms with Crippen LogP contribution in [-0.4, -0.2) is 18.5 Å². The number of hydrogen-bond acceptors (Lipinski definition) is 3. The summed E-state index contributed by atoms with van der Waals surface area (Å²) in [5, 5.41) is 2.06. The van der Waals surface area contributed by atoms with Crippen LogP contribution in [0.3, 0.4) is 0 Å². The van der Waals surface area contributed by atoms with E-state index in [-0.39, 0.29) is 6.42 Å². The Bertz CT molecular complexity index is 133. The van der Waals surface area contributed by atoms with Crippen LogP contribution in [0.5, 0.6) is 0 Å². The average molecular weight is 144 g/mol. The molecule has 4 heteroatoms. The molecule has 0 bridgehead atoms. The summed E-state index contributed by atoms with van der Waals surface area (Å²) in [6.07, 6.45) is -0.253. The first kappa shape index (κ1) is 8.94. The summed E-state index contributed by atoms with van der Waals surface area (Å²) >= 11 is 0. The largest absolute Gasteiger partial charge is 0.466 e. The Labute approximate surface area is 59.6 Å². The van der Waals surface area contributed by atoms with Gasteiger partial charge in [-0.15, -0.1) is 0 Å². The highest BCUT2D eigenvalue weighted by molar-refractivity contribution is 5.94. The smallest absolute Gasteiger partial charge is 0.315 e. The SMILES string of the molecule is [CH2]NC(=O)CC(=O)OCC. The van der Waals surface area contributed by atoms with Crippen LogP contribution in [0.1, 0.15) is 13.3 Å². The summed E-state index contributed by atoms with van der Waals surface area (Å²) in [5.74, 6) is -0.956. The summed E-state index contributed by atoms with van der Waals surface area (Å²) in [7, 11) is 3.09. The first-order chi connectivity index (χ1) is 4.70. The molecule has 0 aliphatic heterocycles. The molecule has 0 aromatic carbocycles. The van der Waals surface area contributed by atoms with E-state index in [4.69, 9.17) is 0 Å². The minimum absolute atomic E-state index is 0.253. The number of carbonyl (C=O) groups is 2. The summed E-state index contributed by atoms with van der Waals surface area (Å²) in [4.78, 5) is 20.9. The van der Waals surface area contributed by atoms with E-state index in [2.05, 4.69) is 17.1 Å². The fourth-order valence-corrected chi connectivity index (χ4v) is 0.406. The van der Waals surface area contributed by atoms with Crippen LogP contribution in [0.15, 0.2) is 0 Å². The zero-order chi connectivity index (χ0) is 7.98.